The average molecular weight is 182 g/mol. The fourth-order valence-electron chi connectivity index (χ4n) is 0.857. The lowest BCUT2D eigenvalue weighted by Crippen LogP contribution is -2.30. The van der Waals surface area contributed by atoms with Crippen LogP contribution in [0, 0.1) is 6.92 Å². The molecule has 0 aliphatic carbocycles. The van der Waals surface area contributed by atoms with E-state index in [1.54, 1.807) is 14.0 Å². The Hall–Kier alpha value is -1.85. The number of nitrogens with two attached hydrogens (primary N) is 1. The standard InChI is InChI=1S/C7H10N4O2/c1-4-9-3-5(6(8)10-13)7(12)11(4)2/h3,13H,1-2H3,(H2,8,10). The maximum atomic E-state index is 11.4. The summed E-state index contributed by atoms with van der Waals surface area (Å²) in [6.07, 6.45) is 1.28. The molecule has 13 heavy (non-hydrogen) atoms. The Morgan fingerprint density at radius 2 is 2.38 bits per heavy atom. The van der Waals surface area contributed by atoms with Gasteiger partial charge in [0.2, 0.25) is 0 Å². The second kappa shape index (κ2) is 3.26. The van der Waals surface area contributed by atoms with Gasteiger partial charge in [-0.25, -0.2) is 4.98 Å². The highest BCUT2D eigenvalue weighted by molar-refractivity contribution is 5.96. The van der Waals surface area contributed by atoms with Gasteiger partial charge in [0.15, 0.2) is 5.84 Å². The van der Waals surface area contributed by atoms with Gasteiger partial charge in [-0.05, 0) is 6.92 Å². The third-order valence-electron chi connectivity index (χ3n) is 1.78. The van der Waals surface area contributed by atoms with Crippen molar-refractivity contribution >= 4 is 5.84 Å². The first-order valence-corrected chi connectivity index (χ1v) is 3.58. The van der Waals surface area contributed by atoms with E-state index in [0.717, 1.165) is 0 Å². The highest BCUT2D eigenvalue weighted by Gasteiger charge is 2.07. The van der Waals surface area contributed by atoms with Crippen molar-refractivity contribution in [1.82, 2.24) is 9.55 Å². The molecule has 70 valence electrons. The molecule has 3 N–H and O–H groups in total. The quantitative estimate of drug-likeness (QED) is 0.257. The monoisotopic (exact) mass is 182 g/mol. The van der Waals surface area contributed by atoms with Crippen LogP contribution >= 0.6 is 0 Å². The molecule has 0 fully saturated rings. The van der Waals surface area contributed by atoms with Gasteiger partial charge in [0.25, 0.3) is 5.56 Å². The number of amidine groups is 1. The van der Waals surface area contributed by atoms with E-state index in [1.807, 2.05) is 0 Å². The van der Waals surface area contributed by atoms with E-state index < -0.39 is 0 Å². The van der Waals surface area contributed by atoms with Gasteiger partial charge in [-0.3, -0.25) is 9.36 Å². The van der Waals surface area contributed by atoms with Crippen LogP contribution in [0.15, 0.2) is 16.1 Å². The topological polar surface area (TPSA) is 93.5 Å². The molecular weight excluding hydrogens is 172 g/mol. The molecular formula is C7H10N4O2. The molecule has 0 amide bonds. The predicted molar refractivity (Wildman–Crippen MR) is 46.7 cm³/mol. The number of hydrogen-bond acceptors (Lipinski definition) is 4. The highest BCUT2D eigenvalue weighted by Crippen LogP contribution is 1.90. The lowest BCUT2D eigenvalue weighted by Gasteiger charge is -2.03. The number of rotatable bonds is 1. The van der Waals surface area contributed by atoms with E-state index in [2.05, 4.69) is 10.1 Å². The molecule has 0 unspecified atom stereocenters. The van der Waals surface area contributed by atoms with Crippen molar-refractivity contribution in [1.29, 1.82) is 0 Å². The molecule has 0 spiro atoms. The molecule has 0 aromatic carbocycles. The Bertz CT molecular complexity index is 407. The van der Waals surface area contributed by atoms with Gasteiger partial charge >= 0.3 is 0 Å². The molecule has 0 saturated carbocycles. The molecule has 1 heterocycles. The van der Waals surface area contributed by atoms with E-state index in [1.165, 1.54) is 10.8 Å². The normalized spacial score (nSPS) is 11.7. The summed E-state index contributed by atoms with van der Waals surface area (Å²) in [5, 5.41) is 11.1. The molecule has 1 rings (SSSR count). The Morgan fingerprint density at radius 1 is 1.77 bits per heavy atom. The Labute approximate surface area is 74.3 Å². The number of nitrogens with zero attached hydrogens (tertiary/aromatic N) is 3. The summed E-state index contributed by atoms with van der Waals surface area (Å²) in [5.74, 6) is 0.340. The SMILES string of the molecule is Cc1ncc(/C(N)=N\O)c(=O)n1C. The van der Waals surface area contributed by atoms with Crippen LogP contribution in [0.3, 0.4) is 0 Å². The zero-order valence-corrected chi connectivity index (χ0v) is 7.35. The number of aryl methyl sites for hydroxylation is 1. The minimum atomic E-state index is -0.331. The zero-order chi connectivity index (χ0) is 10.0. The van der Waals surface area contributed by atoms with Crippen LogP contribution in [0.5, 0.6) is 0 Å². The number of hydrogen-bond donors (Lipinski definition) is 2. The van der Waals surface area contributed by atoms with Gasteiger partial charge in [-0.1, -0.05) is 5.16 Å². The van der Waals surface area contributed by atoms with Crippen molar-refractivity contribution < 1.29 is 5.21 Å². The Kier molecular flexibility index (Phi) is 2.32. The number of aromatic nitrogens is 2. The van der Waals surface area contributed by atoms with E-state index >= 15 is 0 Å². The maximum Gasteiger partial charge on any atom is 0.264 e. The van der Waals surface area contributed by atoms with Gasteiger partial charge < -0.3 is 10.9 Å². The third kappa shape index (κ3) is 1.51. The summed E-state index contributed by atoms with van der Waals surface area (Å²) < 4.78 is 1.33. The molecule has 0 aliphatic rings. The van der Waals surface area contributed by atoms with Gasteiger partial charge in [-0.2, -0.15) is 0 Å². The second-order valence-corrected chi connectivity index (χ2v) is 2.57. The van der Waals surface area contributed by atoms with Gasteiger partial charge in [0.1, 0.15) is 11.4 Å². The van der Waals surface area contributed by atoms with E-state index in [-0.39, 0.29) is 17.0 Å². The molecule has 0 aliphatic heterocycles. The summed E-state index contributed by atoms with van der Waals surface area (Å²) >= 11 is 0. The first-order valence-electron chi connectivity index (χ1n) is 3.58. The summed E-state index contributed by atoms with van der Waals surface area (Å²) in [5.41, 5.74) is 5.02. The van der Waals surface area contributed by atoms with Crippen LogP contribution in [0.1, 0.15) is 11.4 Å². The van der Waals surface area contributed by atoms with Crippen molar-refractivity contribution in [3.05, 3.63) is 27.9 Å². The van der Waals surface area contributed by atoms with Crippen LogP contribution in [0.25, 0.3) is 0 Å². The molecule has 0 atom stereocenters. The molecule has 0 bridgehead atoms. The van der Waals surface area contributed by atoms with Gasteiger partial charge in [-0.15, -0.1) is 0 Å². The first kappa shape index (κ1) is 9.24. The molecule has 6 heteroatoms. The summed E-state index contributed by atoms with van der Waals surface area (Å²) in [7, 11) is 1.57. The average Bonchev–Trinajstić information content (AvgIpc) is 2.13. The third-order valence-corrected chi connectivity index (χ3v) is 1.78. The molecule has 0 saturated heterocycles. The minimum absolute atomic E-state index is 0.0931. The van der Waals surface area contributed by atoms with Crippen LogP contribution in [0.4, 0.5) is 0 Å². The van der Waals surface area contributed by atoms with Crippen molar-refractivity contribution in [2.45, 2.75) is 6.92 Å². The fourth-order valence-corrected chi connectivity index (χ4v) is 0.857. The minimum Gasteiger partial charge on any atom is -0.409 e. The summed E-state index contributed by atoms with van der Waals surface area (Å²) in [6, 6.07) is 0. The summed E-state index contributed by atoms with van der Waals surface area (Å²) in [6.45, 7) is 1.69. The fraction of sp³-hybridized carbons (Fsp3) is 0.286. The van der Waals surface area contributed by atoms with Crippen molar-refractivity contribution in [2.24, 2.45) is 17.9 Å². The van der Waals surface area contributed by atoms with Crippen LogP contribution in [0.2, 0.25) is 0 Å². The Morgan fingerprint density at radius 3 is 2.92 bits per heavy atom. The lowest BCUT2D eigenvalue weighted by atomic mass is 10.3. The van der Waals surface area contributed by atoms with E-state index in [0.29, 0.717) is 5.82 Å². The molecule has 0 radical (unpaired) electrons. The van der Waals surface area contributed by atoms with Crippen molar-refractivity contribution in [3.8, 4) is 0 Å². The molecule has 1 aromatic heterocycles. The Balaban J connectivity index is 3.44. The lowest BCUT2D eigenvalue weighted by molar-refractivity contribution is 0.318. The predicted octanol–water partition coefficient (Wildman–Crippen LogP) is -0.817. The molecule has 1 aromatic rings. The smallest absolute Gasteiger partial charge is 0.264 e. The van der Waals surface area contributed by atoms with Crippen LogP contribution in [-0.4, -0.2) is 20.6 Å². The van der Waals surface area contributed by atoms with Crippen LogP contribution in [-0.2, 0) is 7.05 Å². The highest BCUT2D eigenvalue weighted by atomic mass is 16.4. The first-order chi connectivity index (χ1) is 6.07. The zero-order valence-electron chi connectivity index (χ0n) is 7.35. The second-order valence-electron chi connectivity index (χ2n) is 2.57. The maximum absolute atomic E-state index is 11.4. The van der Waals surface area contributed by atoms with Gasteiger partial charge in [0, 0.05) is 13.2 Å². The van der Waals surface area contributed by atoms with Crippen molar-refractivity contribution in [3.63, 3.8) is 0 Å². The number of oxime groups is 1. The van der Waals surface area contributed by atoms with Crippen LogP contribution < -0.4 is 11.3 Å². The largest absolute Gasteiger partial charge is 0.409 e. The van der Waals surface area contributed by atoms with Gasteiger partial charge in [0.05, 0.1) is 0 Å². The van der Waals surface area contributed by atoms with Crippen molar-refractivity contribution in [2.75, 3.05) is 0 Å². The molecule has 6 nitrogen and oxygen atoms in total. The van der Waals surface area contributed by atoms with E-state index in [9.17, 15) is 4.79 Å². The van der Waals surface area contributed by atoms with E-state index in [4.69, 9.17) is 10.9 Å². The summed E-state index contributed by atoms with van der Waals surface area (Å²) in [4.78, 5) is 15.3.